The van der Waals surface area contributed by atoms with Crippen molar-refractivity contribution in [1.29, 1.82) is 0 Å². The van der Waals surface area contributed by atoms with Gasteiger partial charge in [-0.05, 0) is 38.3 Å². The molecule has 76 valence electrons. The van der Waals surface area contributed by atoms with E-state index >= 15 is 0 Å². The van der Waals surface area contributed by atoms with Gasteiger partial charge in [0.05, 0.1) is 6.10 Å². The monoisotopic (exact) mass is 183 g/mol. The molecule has 0 aliphatic carbocycles. The van der Waals surface area contributed by atoms with Crippen LogP contribution in [0.5, 0.6) is 0 Å². The summed E-state index contributed by atoms with van der Waals surface area (Å²) in [4.78, 5) is 2.50. The Bertz CT molecular complexity index is 161. The SMILES string of the molecule is CCCCC1C(O)C2CCN1CC2. The van der Waals surface area contributed by atoms with Gasteiger partial charge in [0.15, 0.2) is 0 Å². The Kier molecular flexibility index (Phi) is 2.89. The zero-order valence-electron chi connectivity index (χ0n) is 8.58. The van der Waals surface area contributed by atoms with E-state index in [2.05, 4.69) is 11.8 Å². The lowest BCUT2D eigenvalue weighted by Crippen LogP contribution is -2.57. The summed E-state index contributed by atoms with van der Waals surface area (Å²) in [5, 5.41) is 10.0. The third kappa shape index (κ3) is 1.75. The summed E-state index contributed by atoms with van der Waals surface area (Å²) in [6.07, 6.45) is 6.16. The highest BCUT2D eigenvalue weighted by Gasteiger charge is 2.40. The predicted molar refractivity (Wildman–Crippen MR) is 53.6 cm³/mol. The fourth-order valence-corrected chi connectivity index (χ4v) is 2.89. The van der Waals surface area contributed by atoms with Crippen LogP contribution < -0.4 is 0 Å². The summed E-state index contributed by atoms with van der Waals surface area (Å²) in [5.41, 5.74) is 0. The minimum atomic E-state index is -0.0194. The van der Waals surface area contributed by atoms with Crippen LogP contribution in [0.3, 0.4) is 0 Å². The molecule has 3 rings (SSSR count). The van der Waals surface area contributed by atoms with Crippen molar-refractivity contribution < 1.29 is 5.11 Å². The lowest BCUT2D eigenvalue weighted by atomic mass is 9.79. The Morgan fingerprint density at radius 2 is 2.00 bits per heavy atom. The van der Waals surface area contributed by atoms with Crippen LogP contribution in [0.15, 0.2) is 0 Å². The predicted octanol–water partition coefficient (Wildman–Crippen LogP) is 1.63. The second kappa shape index (κ2) is 3.97. The third-order valence-electron chi connectivity index (χ3n) is 3.77. The van der Waals surface area contributed by atoms with E-state index in [-0.39, 0.29) is 6.10 Å². The Morgan fingerprint density at radius 3 is 2.54 bits per heavy atom. The van der Waals surface area contributed by atoms with Crippen molar-refractivity contribution in [2.24, 2.45) is 5.92 Å². The first kappa shape index (κ1) is 9.47. The molecule has 13 heavy (non-hydrogen) atoms. The first-order valence-electron chi connectivity index (χ1n) is 5.75. The molecule has 2 bridgehead atoms. The van der Waals surface area contributed by atoms with Gasteiger partial charge in [0.2, 0.25) is 0 Å². The highest BCUT2D eigenvalue weighted by atomic mass is 16.3. The number of hydrogen-bond acceptors (Lipinski definition) is 2. The van der Waals surface area contributed by atoms with Crippen molar-refractivity contribution in [3.8, 4) is 0 Å². The maximum atomic E-state index is 10.0. The fraction of sp³-hybridized carbons (Fsp3) is 1.00. The van der Waals surface area contributed by atoms with Gasteiger partial charge in [-0.3, -0.25) is 4.90 Å². The molecule has 1 N–H and O–H groups in total. The van der Waals surface area contributed by atoms with Gasteiger partial charge in [-0.15, -0.1) is 0 Å². The molecule has 3 fully saturated rings. The third-order valence-corrected chi connectivity index (χ3v) is 3.77. The molecule has 2 atom stereocenters. The van der Waals surface area contributed by atoms with Crippen LogP contribution in [0.2, 0.25) is 0 Å². The van der Waals surface area contributed by atoms with Crippen LogP contribution >= 0.6 is 0 Å². The largest absolute Gasteiger partial charge is 0.391 e. The summed E-state index contributed by atoms with van der Waals surface area (Å²) >= 11 is 0. The second-order valence-corrected chi connectivity index (χ2v) is 4.57. The van der Waals surface area contributed by atoms with E-state index in [1.54, 1.807) is 0 Å². The topological polar surface area (TPSA) is 23.5 Å². The maximum absolute atomic E-state index is 10.0. The molecule has 3 heterocycles. The highest BCUT2D eigenvalue weighted by molar-refractivity contribution is 4.94. The lowest BCUT2D eigenvalue weighted by Gasteiger charge is -2.49. The molecule has 0 amide bonds. The van der Waals surface area contributed by atoms with Crippen molar-refractivity contribution >= 4 is 0 Å². The van der Waals surface area contributed by atoms with Crippen LogP contribution in [-0.4, -0.2) is 35.2 Å². The molecule has 0 radical (unpaired) electrons. The van der Waals surface area contributed by atoms with Gasteiger partial charge in [-0.2, -0.15) is 0 Å². The quantitative estimate of drug-likeness (QED) is 0.719. The summed E-state index contributed by atoms with van der Waals surface area (Å²) in [6.45, 7) is 4.69. The van der Waals surface area contributed by atoms with E-state index in [0.29, 0.717) is 12.0 Å². The standard InChI is InChI=1S/C11H21NO/c1-2-3-4-10-11(13)9-5-7-12(10)8-6-9/h9-11,13H,2-8H2,1H3. The van der Waals surface area contributed by atoms with E-state index in [1.807, 2.05) is 0 Å². The minimum Gasteiger partial charge on any atom is -0.391 e. The van der Waals surface area contributed by atoms with Crippen molar-refractivity contribution in [3.63, 3.8) is 0 Å². The Morgan fingerprint density at radius 1 is 1.31 bits per heavy atom. The van der Waals surface area contributed by atoms with Crippen LogP contribution in [0.1, 0.15) is 39.0 Å². The van der Waals surface area contributed by atoms with Crippen LogP contribution in [-0.2, 0) is 0 Å². The summed E-state index contributed by atoms with van der Waals surface area (Å²) in [6, 6.07) is 0.493. The molecule has 0 aromatic heterocycles. The number of nitrogens with zero attached hydrogens (tertiary/aromatic N) is 1. The molecular weight excluding hydrogens is 162 g/mol. The smallest absolute Gasteiger partial charge is 0.0724 e. The van der Waals surface area contributed by atoms with Gasteiger partial charge < -0.3 is 5.11 Å². The molecule has 0 aromatic rings. The minimum absolute atomic E-state index is 0.0194. The number of fused-ring (bicyclic) bond motifs is 3. The van der Waals surface area contributed by atoms with Gasteiger partial charge >= 0.3 is 0 Å². The molecule has 3 aliphatic rings. The average molecular weight is 183 g/mol. The number of unbranched alkanes of at least 4 members (excludes halogenated alkanes) is 1. The summed E-state index contributed by atoms with van der Waals surface area (Å²) in [7, 11) is 0. The van der Waals surface area contributed by atoms with Crippen molar-refractivity contribution in [2.75, 3.05) is 13.1 Å². The molecule has 0 saturated carbocycles. The Labute approximate surface area is 80.9 Å². The van der Waals surface area contributed by atoms with Gasteiger partial charge in [0, 0.05) is 6.04 Å². The number of rotatable bonds is 3. The van der Waals surface area contributed by atoms with Crippen molar-refractivity contribution in [2.45, 2.75) is 51.2 Å². The molecule has 2 unspecified atom stereocenters. The van der Waals surface area contributed by atoms with Gasteiger partial charge in [-0.1, -0.05) is 19.8 Å². The number of piperidine rings is 3. The number of aliphatic hydroxyl groups is 1. The zero-order chi connectivity index (χ0) is 9.26. The van der Waals surface area contributed by atoms with E-state index in [0.717, 1.165) is 0 Å². The van der Waals surface area contributed by atoms with E-state index in [9.17, 15) is 5.11 Å². The highest BCUT2D eigenvalue weighted by Crippen LogP contribution is 2.34. The second-order valence-electron chi connectivity index (χ2n) is 4.57. The maximum Gasteiger partial charge on any atom is 0.0724 e. The average Bonchev–Trinajstić information content (AvgIpc) is 2.18. The van der Waals surface area contributed by atoms with Crippen LogP contribution in [0.4, 0.5) is 0 Å². The van der Waals surface area contributed by atoms with Crippen molar-refractivity contribution in [1.82, 2.24) is 4.90 Å². The summed E-state index contributed by atoms with van der Waals surface area (Å²) < 4.78 is 0. The normalized spacial score (nSPS) is 43.8. The lowest BCUT2D eigenvalue weighted by molar-refractivity contribution is -0.0751. The molecule has 2 heteroatoms. The summed E-state index contributed by atoms with van der Waals surface area (Å²) in [5.74, 6) is 0.617. The van der Waals surface area contributed by atoms with Crippen molar-refractivity contribution in [3.05, 3.63) is 0 Å². The van der Waals surface area contributed by atoms with Gasteiger partial charge in [0.25, 0.3) is 0 Å². The zero-order valence-corrected chi connectivity index (χ0v) is 8.58. The van der Waals surface area contributed by atoms with E-state index < -0.39 is 0 Å². The van der Waals surface area contributed by atoms with Gasteiger partial charge in [-0.25, -0.2) is 0 Å². The number of aliphatic hydroxyl groups excluding tert-OH is 1. The Balaban J connectivity index is 1.93. The first-order chi connectivity index (χ1) is 6.33. The molecule has 3 saturated heterocycles. The fourth-order valence-electron chi connectivity index (χ4n) is 2.89. The molecule has 0 aromatic carbocycles. The Hall–Kier alpha value is -0.0800. The molecule has 0 spiro atoms. The molecular formula is C11H21NO. The van der Waals surface area contributed by atoms with E-state index in [4.69, 9.17) is 0 Å². The van der Waals surface area contributed by atoms with Gasteiger partial charge in [0.1, 0.15) is 0 Å². The van der Waals surface area contributed by atoms with E-state index in [1.165, 1.54) is 45.2 Å². The molecule has 2 nitrogen and oxygen atoms in total. The van der Waals surface area contributed by atoms with Crippen LogP contribution in [0, 0.1) is 5.92 Å². The first-order valence-corrected chi connectivity index (χ1v) is 5.75. The van der Waals surface area contributed by atoms with Crippen LogP contribution in [0.25, 0.3) is 0 Å². The molecule has 3 aliphatic heterocycles. The number of hydrogen-bond donors (Lipinski definition) is 1.